The Morgan fingerprint density at radius 2 is 1.78 bits per heavy atom. The Hall–Kier alpha value is -0.149. The second kappa shape index (κ2) is 6.34. The summed E-state index contributed by atoms with van der Waals surface area (Å²) in [4.78, 5) is 0. The van der Waals surface area contributed by atoms with E-state index in [9.17, 15) is 12.9 Å². The molecule has 0 fully saturated rings. The molecule has 0 radical (unpaired) electrons. The molecule has 8 heteroatoms. The van der Waals surface area contributed by atoms with Crippen molar-refractivity contribution in [2.45, 2.75) is 13.5 Å². The van der Waals surface area contributed by atoms with E-state index in [1.165, 1.54) is 4.68 Å². The van der Waals surface area contributed by atoms with Gasteiger partial charge in [0.25, 0.3) is 0 Å². The molecule has 18 heavy (non-hydrogen) atoms. The summed E-state index contributed by atoms with van der Waals surface area (Å²) < 4.78 is 38.2. The van der Waals surface area contributed by atoms with Gasteiger partial charge in [-0.2, -0.15) is 5.10 Å². The average molecular weight is 279 g/mol. The monoisotopic (exact) mass is 279 g/mol. The zero-order valence-electron chi connectivity index (χ0n) is 10.1. The van der Waals surface area contributed by atoms with Crippen LogP contribution in [0.15, 0.2) is 30.5 Å². The molecule has 0 amide bonds. The average Bonchev–Trinajstić information content (AvgIpc) is 2.69. The molecule has 0 N–H and O–H groups in total. The quantitative estimate of drug-likeness (QED) is 0.653. The van der Waals surface area contributed by atoms with Crippen LogP contribution in [0.25, 0.3) is 0 Å². The van der Waals surface area contributed by atoms with Gasteiger partial charge in [-0.05, 0) is 12.5 Å². The third-order valence-corrected chi connectivity index (χ3v) is 2.36. The minimum absolute atomic E-state index is 0. The van der Waals surface area contributed by atoms with E-state index in [0.29, 0.717) is 6.54 Å². The summed E-state index contributed by atoms with van der Waals surface area (Å²) >= 11 is 0. The summed E-state index contributed by atoms with van der Waals surface area (Å²) in [6.07, 6.45) is 0.930. The molecule has 0 bridgehead atoms. The summed E-state index contributed by atoms with van der Waals surface area (Å²) in [5.41, 5.74) is 1.09. The Labute approximate surface area is 145 Å². The van der Waals surface area contributed by atoms with Crippen molar-refractivity contribution in [2.24, 2.45) is 0 Å². The minimum Gasteiger partial charge on any atom is -0.444 e. The fourth-order valence-electron chi connectivity index (χ4n) is 1.42. The van der Waals surface area contributed by atoms with Crippen molar-refractivity contribution < 1.29 is 64.3 Å². The summed E-state index contributed by atoms with van der Waals surface area (Å²) in [6.45, 7) is -2.83. The fourth-order valence-corrected chi connectivity index (χ4v) is 1.42. The number of hydrogen-bond acceptors (Lipinski definition) is 2. The number of rotatable bonds is 3. The van der Waals surface area contributed by atoms with E-state index in [4.69, 9.17) is 0 Å². The van der Waals surface area contributed by atoms with E-state index in [2.05, 4.69) is 10.3 Å². The van der Waals surface area contributed by atoms with E-state index in [0.717, 1.165) is 17.3 Å². The van der Waals surface area contributed by atoms with Crippen LogP contribution in [0.1, 0.15) is 11.1 Å². The van der Waals surface area contributed by atoms with Crippen LogP contribution in [0.2, 0.25) is 0 Å². The third kappa shape index (κ3) is 4.20. The van der Waals surface area contributed by atoms with Gasteiger partial charge in [-0.25, -0.2) is 0 Å². The SMILES string of the molecule is Cc1ccc(Cn2cc([B-](F)(F)F)nn2)cc1.[K+]. The summed E-state index contributed by atoms with van der Waals surface area (Å²) in [7, 11) is 0. The predicted octanol–water partition coefficient (Wildman–Crippen LogP) is -1.31. The van der Waals surface area contributed by atoms with Gasteiger partial charge in [0.05, 0.1) is 6.54 Å². The van der Waals surface area contributed by atoms with Gasteiger partial charge in [0.2, 0.25) is 0 Å². The summed E-state index contributed by atoms with van der Waals surface area (Å²) in [5.74, 6) is 0. The minimum atomic E-state index is -5.07. The van der Waals surface area contributed by atoms with E-state index >= 15 is 0 Å². The van der Waals surface area contributed by atoms with E-state index in [1.54, 1.807) is 0 Å². The Kier molecular flexibility index (Phi) is 5.60. The van der Waals surface area contributed by atoms with E-state index in [1.807, 2.05) is 31.2 Å². The smallest absolute Gasteiger partial charge is 0.444 e. The maximum Gasteiger partial charge on any atom is 1.00 e. The van der Waals surface area contributed by atoms with Crippen LogP contribution < -0.4 is 57.0 Å². The maximum absolute atomic E-state index is 12.3. The molecular formula is C10H10BF3KN3. The largest absolute Gasteiger partial charge is 1.00 e. The first kappa shape index (κ1) is 15.9. The van der Waals surface area contributed by atoms with Gasteiger partial charge >= 0.3 is 58.4 Å². The molecule has 0 atom stereocenters. The Morgan fingerprint density at radius 3 is 2.28 bits per heavy atom. The molecule has 1 aromatic carbocycles. The number of hydrogen-bond donors (Lipinski definition) is 0. The van der Waals surface area contributed by atoms with Crippen LogP contribution in [-0.2, 0) is 6.54 Å². The summed E-state index contributed by atoms with van der Waals surface area (Å²) in [5, 5.41) is 6.58. The van der Waals surface area contributed by atoms with Crippen LogP contribution in [0.5, 0.6) is 0 Å². The number of benzene rings is 1. The van der Waals surface area contributed by atoms with Crippen LogP contribution in [0.4, 0.5) is 12.9 Å². The molecule has 0 saturated carbocycles. The van der Waals surface area contributed by atoms with Gasteiger partial charge in [0.15, 0.2) is 0 Å². The van der Waals surface area contributed by atoms with Gasteiger partial charge in [-0.1, -0.05) is 35.0 Å². The summed E-state index contributed by atoms with van der Waals surface area (Å²) in [6, 6.07) is 7.52. The van der Waals surface area contributed by atoms with E-state index < -0.39 is 12.6 Å². The first-order valence-corrected chi connectivity index (χ1v) is 5.10. The fraction of sp³-hybridized carbons (Fsp3) is 0.200. The van der Waals surface area contributed by atoms with Gasteiger partial charge in [-0.15, -0.1) is 0 Å². The molecule has 3 nitrogen and oxygen atoms in total. The molecular weight excluding hydrogens is 269 g/mol. The number of aromatic nitrogens is 3. The molecule has 0 aliphatic carbocycles. The predicted molar refractivity (Wildman–Crippen MR) is 59.0 cm³/mol. The number of nitrogens with zero attached hydrogens (tertiary/aromatic N) is 3. The molecule has 0 saturated heterocycles. The normalized spacial score (nSPS) is 11.1. The van der Waals surface area contributed by atoms with Crippen molar-refractivity contribution in [3.05, 3.63) is 41.6 Å². The zero-order chi connectivity index (χ0) is 12.5. The van der Waals surface area contributed by atoms with Crippen LogP contribution in [0.3, 0.4) is 0 Å². The number of halogens is 3. The third-order valence-electron chi connectivity index (χ3n) is 2.36. The topological polar surface area (TPSA) is 30.7 Å². The second-order valence-corrected chi connectivity index (χ2v) is 3.90. The molecule has 90 valence electrons. The van der Waals surface area contributed by atoms with Crippen LogP contribution in [0, 0.1) is 6.92 Å². The molecule has 0 unspecified atom stereocenters. The number of aryl methyl sites for hydroxylation is 1. The molecule has 0 aliphatic heterocycles. The first-order chi connectivity index (χ1) is 7.95. The van der Waals surface area contributed by atoms with Crippen molar-refractivity contribution in [2.75, 3.05) is 0 Å². The Morgan fingerprint density at radius 1 is 1.17 bits per heavy atom. The second-order valence-electron chi connectivity index (χ2n) is 3.90. The van der Waals surface area contributed by atoms with Crippen molar-refractivity contribution in [3.63, 3.8) is 0 Å². The Bertz CT molecular complexity index is 510. The molecule has 0 aliphatic rings. The van der Waals surface area contributed by atoms with Gasteiger partial charge in [-0.3, -0.25) is 4.68 Å². The van der Waals surface area contributed by atoms with Crippen molar-refractivity contribution >= 4 is 12.6 Å². The van der Waals surface area contributed by atoms with Crippen LogP contribution >= 0.6 is 0 Å². The van der Waals surface area contributed by atoms with Gasteiger partial charge in [0.1, 0.15) is 0 Å². The molecule has 2 rings (SSSR count). The standard InChI is InChI=1S/C10H10BF3N3.K/c1-8-2-4-9(5-3-8)6-17-7-10(15-16-17)11(12,13)14;/h2-5,7H,6H2,1H3;/q-1;+1. The maximum atomic E-state index is 12.3. The van der Waals surface area contributed by atoms with Gasteiger partial charge < -0.3 is 12.9 Å². The molecule has 1 heterocycles. The molecule has 1 aromatic heterocycles. The Balaban J connectivity index is 0.00000162. The van der Waals surface area contributed by atoms with Crippen molar-refractivity contribution in [1.82, 2.24) is 15.0 Å². The van der Waals surface area contributed by atoms with Gasteiger partial charge in [0, 0.05) is 11.8 Å². The van der Waals surface area contributed by atoms with Crippen LogP contribution in [-0.4, -0.2) is 22.0 Å². The van der Waals surface area contributed by atoms with Crippen molar-refractivity contribution in [1.29, 1.82) is 0 Å². The molecule has 0 spiro atoms. The van der Waals surface area contributed by atoms with Crippen molar-refractivity contribution in [3.8, 4) is 0 Å². The first-order valence-electron chi connectivity index (χ1n) is 5.10. The van der Waals surface area contributed by atoms with E-state index in [-0.39, 0.29) is 51.4 Å². The zero-order valence-corrected chi connectivity index (χ0v) is 13.3. The molecule has 2 aromatic rings.